The van der Waals surface area contributed by atoms with Crippen LogP contribution in [0.5, 0.6) is 0 Å². The van der Waals surface area contributed by atoms with Gasteiger partial charge in [0.25, 0.3) is 5.91 Å². The molecule has 0 bridgehead atoms. The third-order valence-electron chi connectivity index (χ3n) is 2.85. The Labute approximate surface area is 115 Å². The number of rotatable bonds is 4. The van der Waals surface area contributed by atoms with Crippen LogP contribution in [0, 0.1) is 0 Å². The molecule has 1 saturated carbocycles. The number of ether oxygens (including phenoxy) is 1. The molecule has 1 aliphatic carbocycles. The Hall–Kier alpha value is -1.76. The van der Waals surface area contributed by atoms with Gasteiger partial charge in [-0.25, -0.2) is 4.79 Å². The molecule has 7 heteroatoms. The highest BCUT2D eigenvalue weighted by molar-refractivity contribution is 7.19. The number of amides is 1. The van der Waals surface area contributed by atoms with E-state index in [-0.39, 0.29) is 17.2 Å². The summed E-state index contributed by atoms with van der Waals surface area (Å²) >= 11 is 1.21. The van der Waals surface area contributed by atoms with Crippen LogP contribution < -0.4 is 11.1 Å². The number of methoxy groups -OCH3 is 1. The Balaban J connectivity index is 2.42. The highest BCUT2D eigenvalue weighted by Crippen LogP contribution is 2.39. The minimum atomic E-state index is -0.519. The second-order valence-electron chi connectivity index (χ2n) is 4.66. The fourth-order valence-corrected chi connectivity index (χ4v) is 2.83. The molecule has 104 valence electrons. The van der Waals surface area contributed by atoms with E-state index in [2.05, 4.69) is 5.32 Å². The molecule has 0 saturated heterocycles. The van der Waals surface area contributed by atoms with Crippen molar-refractivity contribution in [3.63, 3.8) is 0 Å². The van der Waals surface area contributed by atoms with E-state index in [0.29, 0.717) is 15.9 Å². The molecule has 6 nitrogen and oxygen atoms in total. The Morgan fingerprint density at radius 3 is 2.53 bits per heavy atom. The van der Waals surface area contributed by atoms with Gasteiger partial charge in [-0.1, -0.05) is 0 Å². The van der Waals surface area contributed by atoms with Crippen molar-refractivity contribution in [3.05, 3.63) is 10.4 Å². The predicted molar refractivity (Wildman–Crippen MR) is 74.7 cm³/mol. The van der Waals surface area contributed by atoms with E-state index < -0.39 is 5.97 Å². The lowest BCUT2D eigenvalue weighted by Gasteiger charge is -2.08. The van der Waals surface area contributed by atoms with Crippen LogP contribution >= 0.6 is 11.3 Å². The van der Waals surface area contributed by atoms with Crippen LogP contribution in [0.15, 0.2) is 0 Å². The lowest BCUT2D eigenvalue weighted by molar-refractivity contribution is 0.0603. The van der Waals surface area contributed by atoms with Crippen LogP contribution in [-0.2, 0) is 4.74 Å². The third kappa shape index (κ3) is 2.65. The summed E-state index contributed by atoms with van der Waals surface area (Å²) in [6.45, 7) is 0. The van der Waals surface area contributed by atoms with Gasteiger partial charge in [0.05, 0.1) is 12.8 Å². The minimum absolute atomic E-state index is 0.193. The van der Waals surface area contributed by atoms with Crippen molar-refractivity contribution in [1.82, 2.24) is 4.90 Å². The predicted octanol–water partition coefficient (Wildman–Crippen LogP) is 1.39. The fraction of sp³-hybridized carbons (Fsp3) is 0.500. The van der Waals surface area contributed by atoms with Crippen molar-refractivity contribution in [2.45, 2.75) is 18.9 Å². The molecule has 1 amide bonds. The lowest BCUT2D eigenvalue weighted by atomic mass is 10.2. The Morgan fingerprint density at radius 2 is 2.05 bits per heavy atom. The van der Waals surface area contributed by atoms with E-state index in [1.54, 1.807) is 14.1 Å². The second-order valence-corrected chi connectivity index (χ2v) is 5.68. The summed E-state index contributed by atoms with van der Waals surface area (Å²) in [5.41, 5.74) is 6.40. The molecule has 1 aliphatic rings. The number of nitrogens with zero attached hydrogens (tertiary/aromatic N) is 1. The fourth-order valence-electron chi connectivity index (χ4n) is 1.63. The molecule has 0 atom stereocenters. The Bertz CT molecular complexity index is 521. The maximum Gasteiger partial charge on any atom is 0.343 e. The average Bonchev–Trinajstić information content (AvgIpc) is 3.12. The van der Waals surface area contributed by atoms with Crippen LogP contribution in [0.2, 0.25) is 0 Å². The molecule has 19 heavy (non-hydrogen) atoms. The maximum atomic E-state index is 12.0. The zero-order valence-electron chi connectivity index (χ0n) is 11.1. The van der Waals surface area contributed by atoms with Crippen molar-refractivity contribution in [2.24, 2.45) is 0 Å². The molecule has 0 aliphatic heterocycles. The summed E-state index contributed by atoms with van der Waals surface area (Å²) in [7, 11) is 4.59. The van der Waals surface area contributed by atoms with Gasteiger partial charge in [0.2, 0.25) is 0 Å². The molecule has 0 aromatic carbocycles. The molecule has 0 spiro atoms. The molecular formula is C12H17N3O3S. The van der Waals surface area contributed by atoms with Crippen molar-refractivity contribution in [1.29, 1.82) is 0 Å². The number of carbonyl (C=O) groups is 2. The number of esters is 1. The topological polar surface area (TPSA) is 84.7 Å². The molecule has 1 heterocycles. The normalized spacial score (nSPS) is 14.1. The second kappa shape index (κ2) is 5.08. The zero-order valence-corrected chi connectivity index (χ0v) is 12.0. The van der Waals surface area contributed by atoms with Gasteiger partial charge in [0.15, 0.2) is 0 Å². The number of anilines is 2. The average molecular weight is 283 g/mol. The van der Waals surface area contributed by atoms with E-state index in [1.807, 2.05) is 0 Å². The minimum Gasteiger partial charge on any atom is -0.465 e. The first kappa shape index (κ1) is 13.7. The van der Waals surface area contributed by atoms with Crippen LogP contribution in [0.1, 0.15) is 32.9 Å². The molecule has 1 aromatic heterocycles. The molecule has 1 aromatic rings. The standard InChI is InChI=1S/C12H17N3O3S/c1-15(2)11(16)9-8(13)7(12(17)18-3)10(19-9)14-6-4-5-6/h6,14H,4-5,13H2,1-3H3. The van der Waals surface area contributed by atoms with E-state index in [9.17, 15) is 9.59 Å². The highest BCUT2D eigenvalue weighted by Gasteiger charge is 2.30. The van der Waals surface area contributed by atoms with Gasteiger partial charge in [0, 0.05) is 20.1 Å². The van der Waals surface area contributed by atoms with Gasteiger partial charge in [-0.15, -0.1) is 11.3 Å². The van der Waals surface area contributed by atoms with Gasteiger partial charge < -0.3 is 20.7 Å². The largest absolute Gasteiger partial charge is 0.465 e. The van der Waals surface area contributed by atoms with E-state index in [4.69, 9.17) is 10.5 Å². The van der Waals surface area contributed by atoms with Crippen molar-refractivity contribution in [3.8, 4) is 0 Å². The summed E-state index contributed by atoms with van der Waals surface area (Å²) in [6, 6.07) is 0.365. The summed E-state index contributed by atoms with van der Waals surface area (Å²) in [6.07, 6.45) is 2.13. The highest BCUT2D eigenvalue weighted by atomic mass is 32.1. The SMILES string of the molecule is COC(=O)c1c(NC2CC2)sc(C(=O)N(C)C)c1N. The molecule has 0 radical (unpaired) electrons. The summed E-state index contributed by atoms with van der Waals surface area (Å²) in [4.78, 5) is 25.6. The van der Waals surface area contributed by atoms with Crippen LogP contribution in [0.25, 0.3) is 0 Å². The van der Waals surface area contributed by atoms with Crippen LogP contribution in [-0.4, -0.2) is 44.0 Å². The van der Waals surface area contributed by atoms with Crippen molar-refractivity contribution in [2.75, 3.05) is 32.3 Å². The molecule has 0 unspecified atom stereocenters. The molecule has 3 N–H and O–H groups in total. The quantitative estimate of drug-likeness (QED) is 0.816. The smallest absolute Gasteiger partial charge is 0.343 e. The van der Waals surface area contributed by atoms with E-state index in [1.165, 1.54) is 23.3 Å². The Morgan fingerprint density at radius 1 is 1.42 bits per heavy atom. The number of hydrogen-bond donors (Lipinski definition) is 2. The lowest BCUT2D eigenvalue weighted by Crippen LogP contribution is -2.21. The third-order valence-corrected chi connectivity index (χ3v) is 3.97. The van der Waals surface area contributed by atoms with Gasteiger partial charge in [-0.05, 0) is 12.8 Å². The maximum absolute atomic E-state index is 12.0. The number of nitrogens with one attached hydrogen (secondary N) is 1. The van der Waals surface area contributed by atoms with Crippen LogP contribution in [0.3, 0.4) is 0 Å². The first-order valence-corrected chi connectivity index (χ1v) is 6.76. The number of thiophene rings is 1. The van der Waals surface area contributed by atoms with E-state index in [0.717, 1.165) is 12.8 Å². The van der Waals surface area contributed by atoms with Crippen molar-refractivity contribution >= 4 is 33.9 Å². The summed E-state index contributed by atoms with van der Waals surface area (Å²) in [5, 5.41) is 3.84. The monoisotopic (exact) mass is 283 g/mol. The van der Waals surface area contributed by atoms with E-state index >= 15 is 0 Å². The van der Waals surface area contributed by atoms with Gasteiger partial charge in [-0.2, -0.15) is 0 Å². The Kier molecular flexibility index (Phi) is 3.66. The van der Waals surface area contributed by atoms with Gasteiger partial charge in [-0.3, -0.25) is 4.79 Å². The number of nitrogen functional groups attached to an aromatic ring is 1. The number of hydrogen-bond acceptors (Lipinski definition) is 6. The first-order chi connectivity index (χ1) is 8.95. The van der Waals surface area contributed by atoms with Gasteiger partial charge in [0.1, 0.15) is 15.4 Å². The van der Waals surface area contributed by atoms with Gasteiger partial charge >= 0.3 is 5.97 Å². The number of carbonyl (C=O) groups excluding carboxylic acids is 2. The summed E-state index contributed by atoms with van der Waals surface area (Å²) in [5.74, 6) is -0.730. The first-order valence-electron chi connectivity index (χ1n) is 5.94. The molecule has 2 rings (SSSR count). The van der Waals surface area contributed by atoms with Crippen molar-refractivity contribution < 1.29 is 14.3 Å². The molecule has 1 fully saturated rings. The zero-order chi connectivity index (χ0) is 14.2. The van der Waals surface area contributed by atoms with Crippen LogP contribution in [0.4, 0.5) is 10.7 Å². The number of nitrogens with two attached hydrogens (primary N) is 1. The summed E-state index contributed by atoms with van der Waals surface area (Å²) < 4.78 is 4.74. The molecular weight excluding hydrogens is 266 g/mol.